The summed E-state index contributed by atoms with van der Waals surface area (Å²) in [5, 5.41) is 38.8. The minimum atomic E-state index is -1.28. The number of benzene rings is 2. The van der Waals surface area contributed by atoms with Crippen LogP contribution in [0.5, 0.6) is 17.2 Å². The maximum Gasteiger partial charge on any atom is 0.348 e. The molecule has 0 unspecified atom stereocenters. The van der Waals surface area contributed by atoms with Gasteiger partial charge in [-0.1, -0.05) is 18.2 Å². The Labute approximate surface area is 152 Å². The molecule has 0 amide bonds. The Balaban J connectivity index is 1.94. The number of hydrogen-bond donors (Lipinski definition) is 4. The van der Waals surface area contributed by atoms with Gasteiger partial charge < -0.3 is 24.8 Å². The maximum atomic E-state index is 12.1. The highest BCUT2D eigenvalue weighted by molar-refractivity contribution is 5.94. The minimum Gasteiger partial charge on any atom is -0.506 e. The number of fused-ring (bicyclic) bond motifs is 1. The molecule has 8 heteroatoms. The molecule has 0 aliphatic rings. The van der Waals surface area contributed by atoms with Crippen molar-refractivity contribution in [1.82, 2.24) is 0 Å². The van der Waals surface area contributed by atoms with Crippen LogP contribution in [-0.4, -0.2) is 38.7 Å². The van der Waals surface area contributed by atoms with Crippen LogP contribution in [0.3, 0.4) is 0 Å². The number of aromatic hydroxyl groups is 3. The van der Waals surface area contributed by atoms with Gasteiger partial charge in [-0.05, 0) is 29.8 Å². The summed E-state index contributed by atoms with van der Waals surface area (Å²) in [5.74, 6) is -2.32. The average molecular weight is 369 g/mol. The summed E-state index contributed by atoms with van der Waals surface area (Å²) in [5.41, 5.74) is -0.481. The van der Waals surface area contributed by atoms with Gasteiger partial charge in [0.2, 0.25) is 0 Å². The first-order valence-electron chi connectivity index (χ1n) is 7.88. The molecule has 4 N–H and O–H groups in total. The van der Waals surface area contributed by atoms with E-state index in [4.69, 9.17) is 4.42 Å². The molecule has 138 valence electrons. The number of aliphatic carboxylic acids is 1. The summed E-state index contributed by atoms with van der Waals surface area (Å²) < 4.78 is 5.10. The van der Waals surface area contributed by atoms with Crippen LogP contribution in [0.2, 0.25) is 0 Å². The first kappa shape index (κ1) is 18.0. The molecule has 0 spiro atoms. The lowest BCUT2D eigenvalue weighted by Crippen LogP contribution is -2.21. The molecule has 2 aromatic carbocycles. The molecule has 0 radical (unpaired) electrons. The lowest BCUT2D eigenvalue weighted by molar-refractivity contribution is -0.138. The Hall–Kier alpha value is -3.81. The normalized spacial score (nSPS) is 12.4. The number of carboxylic acids is 1. The third-order valence-corrected chi connectivity index (χ3v) is 3.96. The molecule has 1 atom stereocenters. The van der Waals surface area contributed by atoms with Gasteiger partial charge in [-0.3, -0.25) is 4.99 Å². The van der Waals surface area contributed by atoms with E-state index in [0.717, 1.165) is 6.21 Å². The number of phenolic OH excluding ortho intramolecular Hbond substituents is 2. The van der Waals surface area contributed by atoms with Crippen LogP contribution in [0.25, 0.3) is 11.0 Å². The standard InChI is InChI=1S/C19H15NO7/c21-14-6-5-10(8-15(14)22)7-13(18(24)25)20-9-12-17(23)11-3-1-2-4-16(11)27-19(12)26/h1-6,8-9,13,21-23H,7H2,(H,24,25)/t13-/m0/s1. The van der Waals surface area contributed by atoms with Gasteiger partial charge in [-0.25, -0.2) is 9.59 Å². The number of aliphatic imine (C=N–C) groups is 1. The smallest absolute Gasteiger partial charge is 0.348 e. The van der Waals surface area contributed by atoms with Crippen LogP contribution in [0, 0.1) is 0 Å². The van der Waals surface area contributed by atoms with Crippen LogP contribution in [0.15, 0.2) is 56.7 Å². The van der Waals surface area contributed by atoms with Crippen LogP contribution >= 0.6 is 0 Å². The number of para-hydroxylation sites is 1. The highest BCUT2D eigenvalue weighted by Gasteiger charge is 2.18. The minimum absolute atomic E-state index is 0.0979. The fraction of sp³-hybridized carbons (Fsp3) is 0.105. The van der Waals surface area contributed by atoms with Gasteiger partial charge in [0.25, 0.3) is 0 Å². The largest absolute Gasteiger partial charge is 0.506 e. The predicted molar refractivity (Wildman–Crippen MR) is 96.6 cm³/mol. The Morgan fingerprint density at radius 3 is 2.56 bits per heavy atom. The van der Waals surface area contributed by atoms with Crippen molar-refractivity contribution in [3.05, 3.63) is 64.0 Å². The van der Waals surface area contributed by atoms with Crippen LogP contribution in [0.1, 0.15) is 11.1 Å². The molecule has 0 saturated carbocycles. The quantitative estimate of drug-likeness (QED) is 0.306. The molecule has 1 aromatic heterocycles. The van der Waals surface area contributed by atoms with E-state index < -0.39 is 17.6 Å². The number of nitrogens with zero attached hydrogens (tertiary/aromatic N) is 1. The maximum absolute atomic E-state index is 12.1. The van der Waals surface area contributed by atoms with E-state index in [2.05, 4.69) is 4.99 Å². The van der Waals surface area contributed by atoms with Gasteiger partial charge in [0.05, 0.1) is 5.39 Å². The molecule has 0 aliphatic carbocycles. The molecule has 8 nitrogen and oxygen atoms in total. The Morgan fingerprint density at radius 2 is 1.85 bits per heavy atom. The fourth-order valence-electron chi connectivity index (χ4n) is 2.55. The van der Waals surface area contributed by atoms with Crippen LogP contribution < -0.4 is 5.63 Å². The van der Waals surface area contributed by atoms with Crippen molar-refractivity contribution in [2.75, 3.05) is 0 Å². The average Bonchev–Trinajstić information content (AvgIpc) is 2.63. The summed E-state index contributed by atoms with van der Waals surface area (Å²) in [7, 11) is 0. The number of rotatable bonds is 5. The summed E-state index contributed by atoms with van der Waals surface area (Å²) in [4.78, 5) is 27.4. The number of phenols is 2. The molecule has 0 bridgehead atoms. The first-order chi connectivity index (χ1) is 12.9. The second-order valence-corrected chi connectivity index (χ2v) is 5.81. The molecule has 0 saturated heterocycles. The van der Waals surface area contributed by atoms with Crippen molar-refractivity contribution in [2.45, 2.75) is 12.5 Å². The summed E-state index contributed by atoms with van der Waals surface area (Å²) >= 11 is 0. The molecular weight excluding hydrogens is 354 g/mol. The monoisotopic (exact) mass is 369 g/mol. The van der Waals surface area contributed by atoms with Gasteiger partial charge in [-0.2, -0.15) is 0 Å². The van der Waals surface area contributed by atoms with Gasteiger partial charge in [-0.15, -0.1) is 0 Å². The molecule has 3 aromatic rings. The zero-order valence-corrected chi connectivity index (χ0v) is 13.9. The fourth-order valence-corrected chi connectivity index (χ4v) is 2.55. The topological polar surface area (TPSA) is 141 Å². The van der Waals surface area contributed by atoms with Crippen molar-refractivity contribution in [1.29, 1.82) is 0 Å². The number of hydrogen-bond acceptors (Lipinski definition) is 7. The zero-order valence-electron chi connectivity index (χ0n) is 13.9. The zero-order chi connectivity index (χ0) is 19.6. The number of carbonyl (C=O) groups is 1. The van der Waals surface area contributed by atoms with Crippen molar-refractivity contribution < 1.29 is 29.6 Å². The van der Waals surface area contributed by atoms with Crippen LogP contribution in [0.4, 0.5) is 0 Å². The molecule has 3 rings (SSSR count). The van der Waals surface area contributed by atoms with E-state index in [0.29, 0.717) is 10.9 Å². The second kappa shape index (κ2) is 7.20. The van der Waals surface area contributed by atoms with E-state index in [1.165, 1.54) is 24.3 Å². The van der Waals surface area contributed by atoms with Gasteiger partial charge in [0.1, 0.15) is 16.9 Å². The van der Waals surface area contributed by atoms with Crippen molar-refractivity contribution in [3.8, 4) is 17.2 Å². The van der Waals surface area contributed by atoms with E-state index >= 15 is 0 Å². The Morgan fingerprint density at radius 1 is 1.11 bits per heavy atom. The van der Waals surface area contributed by atoms with E-state index in [9.17, 15) is 30.0 Å². The summed E-state index contributed by atoms with van der Waals surface area (Å²) in [6.45, 7) is 0. The lowest BCUT2D eigenvalue weighted by atomic mass is 10.1. The highest BCUT2D eigenvalue weighted by atomic mass is 16.4. The summed E-state index contributed by atoms with van der Waals surface area (Å²) in [6, 6.07) is 9.00. The van der Waals surface area contributed by atoms with E-state index in [-0.39, 0.29) is 34.8 Å². The van der Waals surface area contributed by atoms with Crippen molar-refractivity contribution >= 4 is 23.2 Å². The molecule has 27 heavy (non-hydrogen) atoms. The van der Waals surface area contributed by atoms with Gasteiger partial charge in [0, 0.05) is 12.6 Å². The third-order valence-electron chi connectivity index (χ3n) is 3.96. The van der Waals surface area contributed by atoms with Gasteiger partial charge >= 0.3 is 11.6 Å². The first-order valence-corrected chi connectivity index (χ1v) is 7.88. The second-order valence-electron chi connectivity index (χ2n) is 5.81. The predicted octanol–water partition coefficient (Wildman–Crippen LogP) is 2.02. The van der Waals surface area contributed by atoms with Crippen LogP contribution in [-0.2, 0) is 11.2 Å². The van der Waals surface area contributed by atoms with E-state index in [1.807, 2.05) is 0 Å². The van der Waals surface area contributed by atoms with Crippen molar-refractivity contribution in [2.24, 2.45) is 4.99 Å². The van der Waals surface area contributed by atoms with Crippen molar-refractivity contribution in [3.63, 3.8) is 0 Å². The number of carboxylic acid groups (broad SMARTS) is 1. The Bertz CT molecular complexity index is 1100. The molecular formula is C19H15NO7. The molecule has 1 heterocycles. The Kier molecular flexibility index (Phi) is 4.80. The molecule has 0 fully saturated rings. The van der Waals surface area contributed by atoms with Gasteiger partial charge in [0.15, 0.2) is 17.5 Å². The third kappa shape index (κ3) is 3.74. The highest BCUT2D eigenvalue weighted by Crippen LogP contribution is 2.26. The molecule has 0 aliphatic heterocycles. The van der Waals surface area contributed by atoms with E-state index in [1.54, 1.807) is 18.2 Å². The summed E-state index contributed by atoms with van der Waals surface area (Å²) in [6.07, 6.45) is 0.867. The SMILES string of the molecule is O=C(O)[C@H](Cc1ccc(O)c(O)c1)N=Cc1c(O)c2ccccc2oc1=O. The lowest BCUT2D eigenvalue weighted by Gasteiger charge is -2.09.